The van der Waals surface area contributed by atoms with Crippen LogP contribution in [-0.2, 0) is 4.79 Å². The minimum atomic E-state index is 0.174. The number of hydrogen-bond donors (Lipinski definition) is 2. The van der Waals surface area contributed by atoms with Crippen LogP contribution in [0, 0.1) is 17.8 Å². The van der Waals surface area contributed by atoms with E-state index in [4.69, 9.17) is 0 Å². The van der Waals surface area contributed by atoms with Crippen molar-refractivity contribution in [1.29, 1.82) is 0 Å². The third-order valence-electron chi connectivity index (χ3n) is 4.29. The smallest absolute Gasteiger partial charge is 0.228 e. The first kappa shape index (κ1) is 10.1. The molecule has 5 heteroatoms. The summed E-state index contributed by atoms with van der Waals surface area (Å²) >= 11 is 0. The number of hydrogen-bond acceptors (Lipinski definition) is 3. The Bertz CT molecular complexity index is 610. The summed E-state index contributed by atoms with van der Waals surface area (Å²) in [4.78, 5) is 12.1. The zero-order valence-corrected chi connectivity index (χ0v) is 9.89. The molecule has 2 aliphatic rings. The topological polar surface area (TPSA) is 70.7 Å². The number of aromatic amines is 1. The Morgan fingerprint density at radius 2 is 2.00 bits per heavy atom. The summed E-state index contributed by atoms with van der Waals surface area (Å²) in [5, 5.41) is 13.6. The van der Waals surface area contributed by atoms with E-state index in [2.05, 4.69) is 20.7 Å². The lowest BCUT2D eigenvalue weighted by Gasteiger charge is -2.06. The Hall–Kier alpha value is -1.91. The molecular formula is C13H14N4O. The molecule has 0 spiro atoms. The van der Waals surface area contributed by atoms with Crippen LogP contribution in [0.5, 0.6) is 0 Å². The number of benzene rings is 1. The van der Waals surface area contributed by atoms with Gasteiger partial charge in [-0.05, 0) is 42.9 Å². The van der Waals surface area contributed by atoms with Gasteiger partial charge in [0.2, 0.25) is 5.91 Å². The summed E-state index contributed by atoms with van der Waals surface area (Å²) in [6.07, 6.45) is 3.75. The SMILES string of the molecule is O=C(Nc1ccc2n[nH]nc2c1)C1[C@H]2CCC[C@@H]12. The van der Waals surface area contributed by atoms with Gasteiger partial charge in [-0.1, -0.05) is 6.42 Å². The summed E-state index contributed by atoms with van der Waals surface area (Å²) in [5.74, 6) is 1.74. The summed E-state index contributed by atoms with van der Waals surface area (Å²) in [6.45, 7) is 0. The number of anilines is 1. The van der Waals surface area contributed by atoms with Crippen LogP contribution in [0.15, 0.2) is 18.2 Å². The molecule has 2 fully saturated rings. The molecule has 2 aromatic rings. The maximum absolute atomic E-state index is 12.1. The van der Waals surface area contributed by atoms with E-state index in [1.807, 2.05) is 18.2 Å². The molecule has 0 radical (unpaired) electrons. The molecule has 0 bridgehead atoms. The van der Waals surface area contributed by atoms with Gasteiger partial charge in [0.05, 0.1) is 0 Å². The zero-order chi connectivity index (χ0) is 12.1. The van der Waals surface area contributed by atoms with Crippen LogP contribution in [0.2, 0.25) is 0 Å². The predicted molar refractivity (Wildman–Crippen MR) is 66.8 cm³/mol. The molecule has 1 amide bonds. The van der Waals surface area contributed by atoms with Crippen molar-refractivity contribution >= 4 is 22.6 Å². The molecule has 1 heterocycles. The van der Waals surface area contributed by atoms with Gasteiger partial charge >= 0.3 is 0 Å². The number of nitrogens with one attached hydrogen (secondary N) is 2. The lowest BCUT2D eigenvalue weighted by atomic mass is 10.1. The number of carbonyl (C=O) groups excluding carboxylic acids is 1. The fourth-order valence-electron chi connectivity index (χ4n) is 3.35. The Labute approximate surface area is 104 Å². The molecule has 0 aliphatic heterocycles. The highest BCUT2D eigenvalue weighted by Gasteiger charge is 2.56. The minimum Gasteiger partial charge on any atom is -0.326 e. The van der Waals surface area contributed by atoms with Crippen molar-refractivity contribution in [1.82, 2.24) is 15.4 Å². The van der Waals surface area contributed by atoms with Gasteiger partial charge in [-0.2, -0.15) is 15.4 Å². The summed E-state index contributed by atoms with van der Waals surface area (Å²) < 4.78 is 0. The molecule has 1 unspecified atom stereocenters. The van der Waals surface area contributed by atoms with E-state index in [0.717, 1.165) is 16.7 Å². The fraction of sp³-hybridized carbons (Fsp3) is 0.462. The van der Waals surface area contributed by atoms with E-state index >= 15 is 0 Å². The highest BCUT2D eigenvalue weighted by molar-refractivity contribution is 5.96. The van der Waals surface area contributed by atoms with Crippen LogP contribution >= 0.6 is 0 Å². The minimum absolute atomic E-state index is 0.174. The van der Waals surface area contributed by atoms with E-state index in [-0.39, 0.29) is 11.8 Å². The number of nitrogens with zero attached hydrogens (tertiary/aromatic N) is 2. The van der Waals surface area contributed by atoms with Crippen LogP contribution in [-0.4, -0.2) is 21.3 Å². The van der Waals surface area contributed by atoms with Gasteiger partial charge in [-0.25, -0.2) is 0 Å². The molecule has 3 atom stereocenters. The van der Waals surface area contributed by atoms with Gasteiger partial charge < -0.3 is 5.32 Å². The quantitative estimate of drug-likeness (QED) is 0.845. The molecule has 18 heavy (non-hydrogen) atoms. The molecule has 0 saturated heterocycles. The zero-order valence-electron chi connectivity index (χ0n) is 9.89. The molecule has 2 saturated carbocycles. The number of fused-ring (bicyclic) bond motifs is 2. The summed E-state index contributed by atoms with van der Waals surface area (Å²) in [7, 11) is 0. The van der Waals surface area contributed by atoms with Crippen molar-refractivity contribution in [2.75, 3.05) is 5.32 Å². The van der Waals surface area contributed by atoms with Crippen molar-refractivity contribution in [2.24, 2.45) is 17.8 Å². The van der Waals surface area contributed by atoms with Crippen LogP contribution in [0.1, 0.15) is 19.3 Å². The van der Waals surface area contributed by atoms with Gasteiger partial charge in [-0.3, -0.25) is 4.79 Å². The van der Waals surface area contributed by atoms with Crippen LogP contribution in [0.25, 0.3) is 11.0 Å². The van der Waals surface area contributed by atoms with Crippen molar-refractivity contribution in [3.63, 3.8) is 0 Å². The van der Waals surface area contributed by atoms with Crippen LogP contribution in [0.3, 0.4) is 0 Å². The number of amides is 1. The average Bonchev–Trinajstić information content (AvgIpc) is 2.78. The summed E-state index contributed by atoms with van der Waals surface area (Å²) in [5.41, 5.74) is 2.41. The highest BCUT2D eigenvalue weighted by Crippen LogP contribution is 2.57. The van der Waals surface area contributed by atoms with Crippen molar-refractivity contribution < 1.29 is 4.79 Å². The third-order valence-corrected chi connectivity index (χ3v) is 4.29. The van der Waals surface area contributed by atoms with Crippen molar-refractivity contribution in [3.05, 3.63) is 18.2 Å². The Morgan fingerprint density at radius 3 is 2.83 bits per heavy atom. The fourth-order valence-corrected chi connectivity index (χ4v) is 3.35. The first-order valence-electron chi connectivity index (χ1n) is 6.44. The molecule has 92 valence electrons. The second kappa shape index (κ2) is 3.54. The van der Waals surface area contributed by atoms with Gasteiger partial charge in [0.1, 0.15) is 11.0 Å². The Balaban J connectivity index is 1.52. The first-order chi connectivity index (χ1) is 8.83. The number of carbonyl (C=O) groups is 1. The van der Waals surface area contributed by atoms with Gasteiger partial charge in [0, 0.05) is 11.6 Å². The monoisotopic (exact) mass is 242 g/mol. The second-order valence-electron chi connectivity index (χ2n) is 5.30. The molecule has 2 N–H and O–H groups in total. The highest BCUT2D eigenvalue weighted by atomic mass is 16.2. The predicted octanol–water partition coefficient (Wildman–Crippen LogP) is 1.94. The number of aromatic nitrogens is 3. The average molecular weight is 242 g/mol. The van der Waals surface area contributed by atoms with Crippen LogP contribution < -0.4 is 5.32 Å². The van der Waals surface area contributed by atoms with Crippen LogP contribution in [0.4, 0.5) is 5.69 Å². The Kier molecular flexibility index (Phi) is 1.98. The van der Waals surface area contributed by atoms with E-state index in [1.165, 1.54) is 19.3 Å². The third kappa shape index (κ3) is 1.43. The molecule has 1 aromatic heterocycles. The maximum Gasteiger partial charge on any atom is 0.228 e. The first-order valence-corrected chi connectivity index (χ1v) is 6.44. The maximum atomic E-state index is 12.1. The standard InChI is InChI=1S/C13H14N4O/c18-13(12-8-2-1-3-9(8)12)14-7-4-5-10-11(6-7)16-17-15-10/h4-6,8-9,12H,1-3H2,(H,14,18)(H,15,16,17)/t8-,9+,12?. The molecule has 4 rings (SSSR count). The normalized spacial score (nSPS) is 29.2. The van der Waals surface area contributed by atoms with E-state index in [0.29, 0.717) is 11.8 Å². The number of rotatable bonds is 2. The van der Waals surface area contributed by atoms with Gasteiger partial charge in [0.25, 0.3) is 0 Å². The second-order valence-corrected chi connectivity index (χ2v) is 5.30. The lowest BCUT2D eigenvalue weighted by molar-refractivity contribution is -0.118. The number of H-pyrrole nitrogens is 1. The van der Waals surface area contributed by atoms with Crippen molar-refractivity contribution in [3.8, 4) is 0 Å². The molecule has 2 aliphatic carbocycles. The van der Waals surface area contributed by atoms with Gasteiger partial charge in [0.15, 0.2) is 0 Å². The van der Waals surface area contributed by atoms with E-state index < -0.39 is 0 Å². The molecule has 1 aromatic carbocycles. The molecular weight excluding hydrogens is 228 g/mol. The Morgan fingerprint density at radius 1 is 1.22 bits per heavy atom. The van der Waals surface area contributed by atoms with Gasteiger partial charge in [-0.15, -0.1) is 0 Å². The molecule has 5 nitrogen and oxygen atoms in total. The van der Waals surface area contributed by atoms with Crippen molar-refractivity contribution in [2.45, 2.75) is 19.3 Å². The largest absolute Gasteiger partial charge is 0.326 e. The van der Waals surface area contributed by atoms with E-state index in [1.54, 1.807) is 0 Å². The van der Waals surface area contributed by atoms with E-state index in [9.17, 15) is 4.79 Å². The summed E-state index contributed by atoms with van der Waals surface area (Å²) in [6, 6.07) is 5.60. The lowest BCUT2D eigenvalue weighted by Crippen LogP contribution is -2.16.